The second-order valence-electron chi connectivity index (χ2n) is 6.40. The number of nitriles is 1. The van der Waals surface area contributed by atoms with E-state index >= 15 is 0 Å². The first-order valence-electron chi connectivity index (χ1n) is 8.79. The van der Waals surface area contributed by atoms with E-state index < -0.39 is 18.4 Å². The molecule has 2 heterocycles. The van der Waals surface area contributed by atoms with Crippen LogP contribution in [0.15, 0.2) is 24.5 Å². The first kappa shape index (κ1) is 21.2. The number of hydrogen-bond acceptors (Lipinski definition) is 6. The molecule has 0 bridgehead atoms. The number of carbonyl (C=O) groups excluding carboxylic acids is 1. The number of carbonyl (C=O) groups is 1. The number of nitrogens with zero attached hydrogens (tertiary/aromatic N) is 4. The van der Waals surface area contributed by atoms with Crippen molar-refractivity contribution < 1.29 is 18.7 Å². The van der Waals surface area contributed by atoms with E-state index in [4.69, 9.17) is 11.0 Å². The number of anilines is 2. The van der Waals surface area contributed by atoms with E-state index in [-0.39, 0.29) is 17.3 Å². The van der Waals surface area contributed by atoms with Crippen LogP contribution < -0.4 is 11.1 Å². The molecule has 0 saturated heterocycles. The number of hydrogen-bond donors (Lipinski definition) is 3. The Hall–Kier alpha value is -3.06. The number of aromatic nitrogens is 3. The van der Waals surface area contributed by atoms with Gasteiger partial charge in [-0.2, -0.15) is 5.10 Å². The molecular weight excluding hydrogens is 370 g/mol. The molecular formula is C18H22F2N6O2. The zero-order chi connectivity index (χ0) is 20.7. The first-order valence-corrected chi connectivity index (χ1v) is 8.79. The molecule has 1 aliphatic rings. The molecule has 0 aromatic carbocycles. The number of pyridine rings is 1. The molecule has 28 heavy (non-hydrogen) atoms. The number of aliphatic hydroxyl groups excluding tert-OH is 1. The molecule has 2 aromatic rings. The van der Waals surface area contributed by atoms with Crippen LogP contribution in [-0.4, -0.2) is 32.2 Å². The third kappa shape index (κ3) is 5.01. The highest BCUT2D eigenvalue weighted by atomic mass is 19.3. The Kier molecular flexibility index (Phi) is 7.40. The van der Waals surface area contributed by atoms with Crippen LogP contribution in [-0.2, 0) is 0 Å². The quantitative estimate of drug-likeness (QED) is 0.693. The molecule has 1 saturated carbocycles. The van der Waals surface area contributed by atoms with E-state index in [0.717, 1.165) is 25.7 Å². The molecule has 2 aromatic heterocycles. The van der Waals surface area contributed by atoms with E-state index in [1.165, 1.54) is 24.8 Å². The average Bonchev–Trinajstić information content (AvgIpc) is 3.14. The molecule has 1 unspecified atom stereocenters. The van der Waals surface area contributed by atoms with Gasteiger partial charge < -0.3 is 16.2 Å². The summed E-state index contributed by atoms with van der Waals surface area (Å²) in [5, 5.41) is 23.2. The van der Waals surface area contributed by atoms with E-state index in [0.29, 0.717) is 11.5 Å². The maximum Gasteiger partial charge on any atom is 0.269 e. The van der Waals surface area contributed by atoms with Crippen molar-refractivity contribution in [2.45, 2.75) is 50.7 Å². The molecule has 150 valence electrons. The summed E-state index contributed by atoms with van der Waals surface area (Å²) in [6.07, 6.45) is 3.54. The summed E-state index contributed by atoms with van der Waals surface area (Å²) in [6, 6.07) is 3.01. The standard InChI is InChI=1S/C17H21F2N5O2.CHN/c18-15(19)14(25)13-7-6-10(8-21-13)22-17-12(16(20)26)9-24(23-17)11-4-2-1-3-5-11;1-2/h6-9,11,14-15,25H,1-5H2,(H2,20,26)(H,22,23);1H. The van der Waals surface area contributed by atoms with Crippen molar-refractivity contribution >= 4 is 17.4 Å². The summed E-state index contributed by atoms with van der Waals surface area (Å²) in [5.41, 5.74) is 6.02. The monoisotopic (exact) mass is 392 g/mol. The van der Waals surface area contributed by atoms with Crippen LogP contribution in [0.5, 0.6) is 0 Å². The Labute approximate surface area is 161 Å². The number of nitrogens with one attached hydrogen (secondary N) is 1. The third-order valence-electron chi connectivity index (χ3n) is 4.54. The lowest BCUT2D eigenvalue weighted by Crippen LogP contribution is -2.14. The van der Waals surface area contributed by atoms with Crippen LogP contribution in [0.1, 0.15) is 60.3 Å². The van der Waals surface area contributed by atoms with Crippen LogP contribution in [0.3, 0.4) is 0 Å². The van der Waals surface area contributed by atoms with Gasteiger partial charge in [-0.3, -0.25) is 14.5 Å². The first-order chi connectivity index (χ1) is 13.5. The van der Waals surface area contributed by atoms with Crippen LogP contribution in [0.2, 0.25) is 0 Å². The van der Waals surface area contributed by atoms with Gasteiger partial charge in [-0.25, -0.2) is 14.0 Å². The summed E-state index contributed by atoms with van der Waals surface area (Å²) in [6.45, 7) is 3.50. The van der Waals surface area contributed by atoms with Gasteiger partial charge >= 0.3 is 0 Å². The van der Waals surface area contributed by atoms with Gasteiger partial charge in [0.15, 0.2) is 11.9 Å². The number of amides is 1. The second-order valence-corrected chi connectivity index (χ2v) is 6.40. The van der Waals surface area contributed by atoms with E-state index in [1.54, 1.807) is 10.9 Å². The normalized spacial score (nSPS) is 15.5. The highest BCUT2D eigenvalue weighted by Crippen LogP contribution is 2.30. The molecule has 0 radical (unpaired) electrons. The van der Waals surface area contributed by atoms with Crippen LogP contribution >= 0.6 is 0 Å². The summed E-state index contributed by atoms with van der Waals surface area (Å²) >= 11 is 0. The van der Waals surface area contributed by atoms with Gasteiger partial charge in [-0.15, -0.1) is 0 Å². The minimum Gasteiger partial charge on any atom is -0.381 e. The Morgan fingerprint density at radius 2 is 2.00 bits per heavy atom. The minimum absolute atomic E-state index is 0.131. The fourth-order valence-corrected chi connectivity index (χ4v) is 3.12. The van der Waals surface area contributed by atoms with Gasteiger partial charge in [-0.05, 0) is 25.0 Å². The second kappa shape index (κ2) is 9.75. The van der Waals surface area contributed by atoms with Crippen LogP contribution in [0, 0.1) is 11.8 Å². The van der Waals surface area contributed by atoms with Gasteiger partial charge in [-0.1, -0.05) is 19.3 Å². The minimum atomic E-state index is -2.91. The molecule has 4 N–H and O–H groups in total. The largest absolute Gasteiger partial charge is 0.381 e. The van der Waals surface area contributed by atoms with Crippen molar-refractivity contribution in [3.8, 4) is 6.57 Å². The molecule has 0 aliphatic heterocycles. The lowest BCUT2D eigenvalue weighted by Gasteiger charge is -2.21. The van der Waals surface area contributed by atoms with Gasteiger partial charge in [0.05, 0.1) is 23.6 Å². The van der Waals surface area contributed by atoms with Crippen molar-refractivity contribution in [1.29, 1.82) is 5.26 Å². The molecule has 1 aliphatic carbocycles. The van der Waals surface area contributed by atoms with Crippen molar-refractivity contribution in [3.05, 3.63) is 35.8 Å². The summed E-state index contributed by atoms with van der Waals surface area (Å²) in [7, 11) is 0. The molecule has 10 heteroatoms. The lowest BCUT2D eigenvalue weighted by molar-refractivity contribution is -0.00819. The molecule has 3 rings (SSSR count). The van der Waals surface area contributed by atoms with Crippen LogP contribution in [0.25, 0.3) is 0 Å². The Morgan fingerprint density at radius 3 is 2.54 bits per heavy atom. The summed E-state index contributed by atoms with van der Waals surface area (Å²) in [5.74, 6) is -0.306. The van der Waals surface area contributed by atoms with Crippen molar-refractivity contribution in [1.82, 2.24) is 14.8 Å². The summed E-state index contributed by atoms with van der Waals surface area (Å²) < 4.78 is 26.8. The zero-order valence-corrected chi connectivity index (χ0v) is 15.1. The van der Waals surface area contributed by atoms with E-state index in [9.17, 15) is 18.7 Å². The average molecular weight is 392 g/mol. The number of nitrogens with two attached hydrogens (primary N) is 1. The Morgan fingerprint density at radius 1 is 1.32 bits per heavy atom. The SMILES string of the molecule is C#N.NC(=O)c1cn(C2CCCCC2)nc1Nc1ccc(C(O)C(F)F)nc1. The Bertz CT molecular complexity index is 800. The molecule has 1 atom stereocenters. The van der Waals surface area contributed by atoms with Gasteiger partial charge in [0.2, 0.25) is 0 Å². The van der Waals surface area contributed by atoms with E-state index in [1.807, 2.05) is 0 Å². The number of aliphatic hydroxyl groups is 1. The molecule has 1 amide bonds. The third-order valence-corrected chi connectivity index (χ3v) is 4.54. The number of halogens is 2. The molecule has 0 spiro atoms. The van der Waals surface area contributed by atoms with E-state index in [2.05, 4.69) is 22.0 Å². The smallest absolute Gasteiger partial charge is 0.269 e. The number of primary amides is 1. The zero-order valence-electron chi connectivity index (χ0n) is 15.1. The van der Waals surface area contributed by atoms with Crippen molar-refractivity contribution in [2.75, 3.05) is 5.32 Å². The maximum absolute atomic E-state index is 12.5. The summed E-state index contributed by atoms with van der Waals surface area (Å²) in [4.78, 5) is 15.5. The topological polar surface area (TPSA) is 130 Å². The molecule has 8 nitrogen and oxygen atoms in total. The molecule has 1 fully saturated rings. The lowest BCUT2D eigenvalue weighted by atomic mass is 9.96. The van der Waals surface area contributed by atoms with Crippen molar-refractivity contribution in [2.24, 2.45) is 5.73 Å². The predicted octanol–water partition coefficient (Wildman–Crippen LogP) is 3.06. The van der Waals surface area contributed by atoms with Gasteiger partial charge in [0.25, 0.3) is 12.3 Å². The highest BCUT2D eigenvalue weighted by Gasteiger charge is 2.22. The maximum atomic E-state index is 12.5. The van der Waals surface area contributed by atoms with Gasteiger partial charge in [0, 0.05) is 12.8 Å². The number of alkyl halides is 2. The highest BCUT2D eigenvalue weighted by molar-refractivity contribution is 5.98. The van der Waals surface area contributed by atoms with Gasteiger partial charge in [0.1, 0.15) is 5.56 Å². The van der Waals surface area contributed by atoms with Crippen LogP contribution in [0.4, 0.5) is 20.3 Å². The fourth-order valence-electron chi connectivity index (χ4n) is 3.12. The van der Waals surface area contributed by atoms with Crippen molar-refractivity contribution in [3.63, 3.8) is 0 Å². The fraction of sp³-hybridized carbons (Fsp3) is 0.444. The number of rotatable bonds is 6. The Balaban J connectivity index is 0.00000136. The predicted molar refractivity (Wildman–Crippen MR) is 98.0 cm³/mol.